The van der Waals surface area contributed by atoms with Crippen molar-refractivity contribution in [3.05, 3.63) is 90.5 Å². The monoisotopic (exact) mass is 514 g/mol. The summed E-state index contributed by atoms with van der Waals surface area (Å²) in [5.74, 6) is 0.00855. The van der Waals surface area contributed by atoms with Crippen LogP contribution in [0, 0.1) is 0 Å². The smallest absolute Gasteiger partial charge is 0.319 e. The largest absolute Gasteiger partial charge is 0.355 e. The third kappa shape index (κ3) is 9.67. The number of carbonyl (C=O) groups excluding carboxylic acids is 2. The maximum Gasteiger partial charge on any atom is 0.319 e. The van der Waals surface area contributed by atoms with Gasteiger partial charge in [0, 0.05) is 43.3 Å². The number of urea groups is 1. The summed E-state index contributed by atoms with van der Waals surface area (Å²) in [7, 11) is 0. The number of hydrogen-bond donors (Lipinski definition) is 3. The Balaban J connectivity index is 1.54. The van der Waals surface area contributed by atoms with Crippen molar-refractivity contribution in [2.75, 3.05) is 18.4 Å². The lowest BCUT2D eigenvalue weighted by molar-refractivity contribution is -0.121. The summed E-state index contributed by atoms with van der Waals surface area (Å²) in [5, 5.41) is 9.06. The molecule has 0 aliphatic carbocycles. The molecule has 0 saturated heterocycles. The minimum Gasteiger partial charge on any atom is -0.355 e. The van der Waals surface area contributed by atoms with Gasteiger partial charge in [-0.15, -0.1) is 0 Å². The summed E-state index contributed by atoms with van der Waals surface area (Å²) < 4.78 is 0. The van der Waals surface area contributed by atoms with Crippen LogP contribution in [0.1, 0.15) is 46.1 Å². The predicted octanol–water partition coefficient (Wildman–Crippen LogP) is 6.10. The summed E-state index contributed by atoms with van der Waals surface area (Å²) >= 11 is 0. The van der Waals surface area contributed by atoms with Gasteiger partial charge in [-0.25, -0.2) is 4.79 Å². The van der Waals surface area contributed by atoms with Crippen molar-refractivity contribution in [1.82, 2.24) is 15.5 Å². The van der Waals surface area contributed by atoms with Crippen LogP contribution < -0.4 is 16.0 Å². The van der Waals surface area contributed by atoms with E-state index in [0.29, 0.717) is 37.9 Å². The van der Waals surface area contributed by atoms with Gasteiger partial charge < -0.3 is 16.0 Å². The highest BCUT2D eigenvalue weighted by Gasteiger charge is 2.17. The fraction of sp³-hybridized carbons (Fsp3) is 0.375. The molecule has 3 aromatic carbocycles. The summed E-state index contributed by atoms with van der Waals surface area (Å²) in [6.07, 6.45) is 1.56. The minimum atomic E-state index is -0.275. The van der Waals surface area contributed by atoms with E-state index in [-0.39, 0.29) is 18.0 Å². The van der Waals surface area contributed by atoms with E-state index in [1.165, 1.54) is 0 Å². The SMILES string of the molecule is CC(C)N(CCNC(=O)CC[C@@H](Cc1ccccc1)NC(=O)Nc1ccc(-c2ccccc2)cc1)C(C)C. The van der Waals surface area contributed by atoms with Crippen LogP contribution in [0.2, 0.25) is 0 Å². The van der Waals surface area contributed by atoms with E-state index in [4.69, 9.17) is 0 Å². The van der Waals surface area contributed by atoms with Gasteiger partial charge in [0.1, 0.15) is 0 Å². The van der Waals surface area contributed by atoms with Crippen molar-refractivity contribution in [1.29, 1.82) is 0 Å². The zero-order chi connectivity index (χ0) is 27.3. The first-order valence-corrected chi connectivity index (χ1v) is 13.6. The number of amides is 3. The molecule has 0 unspecified atom stereocenters. The Kier molecular flexibility index (Phi) is 11.4. The molecule has 0 aliphatic rings. The van der Waals surface area contributed by atoms with Crippen LogP contribution in [0.5, 0.6) is 0 Å². The molecule has 0 aliphatic heterocycles. The van der Waals surface area contributed by atoms with Crippen molar-refractivity contribution < 1.29 is 9.59 Å². The molecule has 0 aromatic heterocycles. The van der Waals surface area contributed by atoms with Crippen LogP contribution in [-0.2, 0) is 11.2 Å². The Labute approximate surface area is 227 Å². The molecule has 3 N–H and O–H groups in total. The Morgan fingerprint density at radius 3 is 1.95 bits per heavy atom. The summed E-state index contributed by atoms with van der Waals surface area (Å²) in [4.78, 5) is 27.8. The molecule has 202 valence electrons. The van der Waals surface area contributed by atoms with Gasteiger partial charge in [0.05, 0.1) is 0 Å². The van der Waals surface area contributed by atoms with Gasteiger partial charge in [0.2, 0.25) is 5.91 Å². The van der Waals surface area contributed by atoms with Crippen LogP contribution in [0.25, 0.3) is 11.1 Å². The molecule has 0 fully saturated rings. The number of anilines is 1. The van der Waals surface area contributed by atoms with Gasteiger partial charge in [-0.1, -0.05) is 72.8 Å². The van der Waals surface area contributed by atoms with Gasteiger partial charge in [0.25, 0.3) is 0 Å². The first kappa shape index (κ1) is 28.9. The Bertz CT molecular complexity index is 1110. The van der Waals surface area contributed by atoms with E-state index >= 15 is 0 Å². The second kappa shape index (κ2) is 14.9. The average molecular weight is 515 g/mol. The fourth-order valence-electron chi connectivity index (χ4n) is 4.68. The van der Waals surface area contributed by atoms with Gasteiger partial charge in [0.15, 0.2) is 0 Å². The number of hydrogen-bond acceptors (Lipinski definition) is 3. The molecule has 0 bridgehead atoms. The molecule has 3 amide bonds. The van der Waals surface area contributed by atoms with E-state index in [9.17, 15) is 9.59 Å². The first-order valence-electron chi connectivity index (χ1n) is 13.6. The standard InChI is InChI=1S/C32H42N4O2/c1-24(2)36(25(3)4)22-21-33-31(37)20-19-30(23-26-11-7-5-8-12-26)35-32(38)34-29-17-15-28(16-18-29)27-13-9-6-10-14-27/h5-18,24-25,30H,19-23H2,1-4H3,(H,33,37)(H2,34,35,38)/t30-/m0/s1. The topological polar surface area (TPSA) is 73.5 Å². The van der Waals surface area contributed by atoms with Crippen molar-refractivity contribution in [3.63, 3.8) is 0 Å². The molecule has 0 spiro atoms. The molecule has 3 aromatic rings. The molecule has 0 saturated carbocycles. The van der Waals surface area contributed by atoms with Crippen LogP contribution in [0.4, 0.5) is 10.5 Å². The molecule has 1 atom stereocenters. The average Bonchev–Trinajstić information content (AvgIpc) is 2.91. The summed E-state index contributed by atoms with van der Waals surface area (Å²) in [5.41, 5.74) is 4.06. The van der Waals surface area contributed by atoms with E-state index < -0.39 is 0 Å². The molecule has 6 heteroatoms. The highest BCUT2D eigenvalue weighted by Crippen LogP contribution is 2.21. The second-order valence-corrected chi connectivity index (χ2v) is 10.2. The van der Waals surface area contributed by atoms with Gasteiger partial charge in [-0.2, -0.15) is 0 Å². The maximum absolute atomic E-state index is 12.9. The lowest BCUT2D eigenvalue weighted by atomic mass is 10.0. The van der Waals surface area contributed by atoms with E-state index in [2.05, 4.69) is 60.7 Å². The Morgan fingerprint density at radius 2 is 1.34 bits per heavy atom. The number of rotatable bonds is 13. The van der Waals surface area contributed by atoms with E-state index in [0.717, 1.165) is 28.9 Å². The number of benzene rings is 3. The second-order valence-electron chi connectivity index (χ2n) is 10.2. The first-order chi connectivity index (χ1) is 18.3. The Morgan fingerprint density at radius 1 is 0.763 bits per heavy atom. The van der Waals surface area contributed by atoms with Crippen molar-refractivity contribution in [3.8, 4) is 11.1 Å². The van der Waals surface area contributed by atoms with Crippen LogP contribution >= 0.6 is 0 Å². The van der Waals surface area contributed by atoms with E-state index in [1.807, 2.05) is 72.8 Å². The molecule has 3 rings (SSSR count). The predicted molar refractivity (Wildman–Crippen MR) is 157 cm³/mol. The quantitative estimate of drug-likeness (QED) is 0.258. The van der Waals surface area contributed by atoms with Crippen molar-refractivity contribution in [2.24, 2.45) is 0 Å². The lowest BCUT2D eigenvalue weighted by Crippen LogP contribution is -2.43. The summed E-state index contributed by atoms with van der Waals surface area (Å²) in [6, 6.07) is 28.4. The van der Waals surface area contributed by atoms with Crippen LogP contribution in [0.15, 0.2) is 84.9 Å². The number of carbonyl (C=O) groups is 2. The number of nitrogens with zero attached hydrogens (tertiary/aromatic N) is 1. The van der Waals surface area contributed by atoms with Gasteiger partial charge >= 0.3 is 6.03 Å². The zero-order valence-electron chi connectivity index (χ0n) is 23.1. The number of nitrogens with one attached hydrogen (secondary N) is 3. The maximum atomic E-state index is 12.9. The fourth-order valence-corrected chi connectivity index (χ4v) is 4.68. The lowest BCUT2D eigenvalue weighted by Gasteiger charge is -2.30. The molecular weight excluding hydrogens is 472 g/mol. The third-order valence-corrected chi connectivity index (χ3v) is 6.65. The highest BCUT2D eigenvalue weighted by atomic mass is 16.2. The van der Waals surface area contributed by atoms with E-state index in [1.54, 1.807) is 0 Å². The molecule has 38 heavy (non-hydrogen) atoms. The zero-order valence-corrected chi connectivity index (χ0v) is 23.1. The normalized spacial score (nSPS) is 12.0. The Hall–Kier alpha value is -3.64. The van der Waals surface area contributed by atoms with Gasteiger partial charge in [-0.3, -0.25) is 9.69 Å². The molecule has 6 nitrogen and oxygen atoms in total. The summed E-state index contributed by atoms with van der Waals surface area (Å²) in [6.45, 7) is 10.1. The van der Waals surface area contributed by atoms with Crippen molar-refractivity contribution in [2.45, 2.75) is 65.1 Å². The highest BCUT2D eigenvalue weighted by molar-refractivity contribution is 5.89. The van der Waals surface area contributed by atoms with Crippen LogP contribution in [-0.4, -0.2) is 48.1 Å². The third-order valence-electron chi connectivity index (χ3n) is 6.65. The minimum absolute atomic E-state index is 0.00855. The van der Waals surface area contributed by atoms with Gasteiger partial charge in [-0.05, 0) is 69.4 Å². The van der Waals surface area contributed by atoms with Crippen LogP contribution in [0.3, 0.4) is 0 Å². The van der Waals surface area contributed by atoms with Crippen molar-refractivity contribution >= 4 is 17.6 Å². The molecular formula is C32H42N4O2. The molecule has 0 heterocycles. The molecule has 0 radical (unpaired) electrons.